The number of pyridine rings is 1. The fourth-order valence-corrected chi connectivity index (χ4v) is 2.53. The van der Waals surface area contributed by atoms with Crippen molar-refractivity contribution in [3.63, 3.8) is 0 Å². The first-order valence-corrected chi connectivity index (χ1v) is 6.32. The number of aromatic nitrogens is 1. The molecule has 1 heterocycles. The minimum atomic E-state index is 0.485. The second-order valence-corrected chi connectivity index (χ2v) is 5.00. The van der Waals surface area contributed by atoms with Gasteiger partial charge in [-0.15, -0.1) is 0 Å². The molecule has 1 fully saturated rings. The molecule has 2 heteroatoms. The SMILES string of the molecule is CNC(CC1CCC1)c1ccc(C)nc1C. The standard InChI is InChI=1S/C14H22N2/c1-10-7-8-13(11(2)16-10)14(15-3)9-12-5-4-6-12/h7-8,12,14-15H,4-6,9H2,1-3H3. The van der Waals surface area contributed by atoms with E-state index in [9.17, 15) is 0 Å². The van der Waals surface area contributed by atoms with Crippen molar-refractivity contribution in [1.82, 2.24) is 10.3 Å². The molecule has 2 nitrogen and oxygen atoms in total. The van der Waals surface area contributed by atoms with E-state index in [1.807, 2.05) is 0 Å². The molecular formula is C14H22N2. The topological polar surface area (TPSA) is 24.9 Å². The van der Waals surface area contributed by atoms with Gasteiger partial charge in [0.2, 0.25) is 0 Å². The highest BCUT2D eigenvalue weighted by molar-refractivity contribution is 5.25. The van der Waals surface area contributed by atoms with E-state index < -0.39 is 0 Å². The number of nitrogens with zero attached hydrogens (tertiary/aromatic N) is 1. The Hall–Kier alpha value is -0.890. The van der Waals surface area contributed by atoms with Crippen molar-refractivity contribution in [2.75, 3.05) is 7.05 Å². The lowest BCUT2D eigenvalue weighted by Crippen LogP contribution is -2.24. The molecule has 2 rings (SSSR count). The molecule has 1 saturated carbocycles. The van der Waals surface area contributed by atoms with Gasteiger partial charge in [-0.3, -0.25) is 4.98 Å². The van der Waals surface area contributed by atoms with Gasteiger partial charge in [-0.2, -0.15) is 0 Å². The van der Waals surface area contributed by atoms with Crippen LogP contribution in [0.4, 0.5) is 0 Å². The fourth-order valence-electron chi connectivity index (χ4n) is 2.53. The Morgan fingerprint density at radius 3 is 2.62 bits per heavy atom. The van der Waals surface area contributed by atoms with Gasteiger partial charge in [0.25, 0.3) is 0 Å². The van der Waals surface area contributed by atoms with Gasteiger partial charge in [0.05, 0.1) is 0 Å². The van der Waals surface area contributed by atoms with E-state index in [4.69, 9.17) is 0 Å². The van der Waals surface area contributed by atoms with Crippen LogP contribution in [0.1, 0.15) is 48.7 Å². The number of aryl methyl sites for hydroxylation is 2. The minimum absolute atomic E-state index is 0.485. The van der Waals surface area contributed by atoms with Crippen molar-refractivity contribution >= 4 is 0 Å². The van der Waals surface area contributed by atoms with Crippen molar-refractivity contribution in [2.45, 2.75) is 45.6 Å². The predicted octanol–water partition coefficient (Wildman–Crippen LogP) is 3.15. The van der Waals surface area contributed by atoms with E-state index >= 15 is 0 Å². The Bertz CT molecular complexity index is 356. The zero-order valence-electron chi connectivity index (χ0n) is 10.6. The van der Waals surface area contributed by atoms with Crippen LogP contribution in [0.15, 0.2) is 12.1 Å². The van der Waals surface area contributed by atoms with Crippen LogP contribution in [0.2, 0.25) is 0 Å². The fraction of sp³-hybridized carbons (Fsp3) is 0.643. The zero-order valence-corrected chi connectivity index (χ0v) is 10.6. The zero-order chi connectivity index (χ0) is 11.5. The van der Waals surface area contributed by atoms with E-state index in [0.717, 1.165) is 11.6 Å². The highest BCUT2D eigenvalue weighted by Gasteiger charge is 2.23. The second kappa shape index (κ2) is 4.96. The summed E-state index contributed by atoms with van der Waals surface area (Å²) in [6.07, 6.45) is 5.52. The van der Waals surface area contributed by atoms with Crippen LogP contribution in [0.25, 0.3) is 0 Å². The molecule has 1 N–H and O–H groups in total. The Kier molecular flexibility index (Phi) is 3.59. The average Bonchev–Trinajstić information content (AvgIpc) is 2.18. The Balaban J connectivity index is 2.11. The summed E-state index contributed by atoms with van der Waals surface area (Å²) >= 11 is 0. The van der Waals surface area contributed by atoms with Crippen LogP contribution >= 0.6 is 0 Å². The number of hydrogen-bond donors (Lipinski definition) is 1. The van der Waals surface area contributed by atoms with Crippen LogP contribution in [0.3, 0.4) is 0 Å². The third-order valence-corrected chi connectivity index (χ3v) is 3.78. The van der Waals surface area contributed by atoms with Gasteiger partial charge in [-0.1, -0.05) is 25.3 Å². The summed E-state index contributed by atoms with van der Waals surface area (Å²) in [7, 11) is 2.06. The van der Waals surface area contributed by atoms with Gasteiger partial charge in [0.1, 0.15) is 0 Å². The average molecular weight is 218 g/mol. The van der Waals surface area contributed by atoms with Gasteiger partial charge in [0.15, 0.2) is 0 Å². The highest BCUT2D eigenvalue weighted by Crippen LogP contribution is 2.35. The summed E-state index contributed by atoms with van der Waals surface area (Å²) in [5, 5.41) is 3.44. The van der Waals surface area contributed by atoms with E-state index in [1.165, 1.54) is 36.9 Å². The number of rotatable bonds is 4. The molecule has 0 radical (unpaired) electrons. The van der Waals surface area contributed by atoms with Crippen LogP contribution in [0.5, 0.6) is 0 Å². The maximum Gasteiger partial charge on any atom is 0.0423 e. The third-order valence-electron chi connectivity index (χ3n) is 3.78. The molecule has 16 heavy (non-hydrogen) atoms. The molecule has 0 saturated heterocycles. The van der Waals surface area contributed by atoms with Gasteiger partial charge >= 0.3 is 0 Å². The monoisotopic (exact) mass is 218 g/mol. The molecule has 1 aliphatic carbocycles. The van der Waals surface area contributed by atoms with Crippen molar-refractivity contribution in [2.24, 2.45) is 5.92 Å². The molecule has 1 atom stereocenters. The van der Waals surface area contributed by atoms with Crippen molar-refractivity contribution in [3.05, 3.63) is 29.1 Å². The van der Waals surface area contributed by atoms with Crippen LogP contribution < -0.4 is 5.32 Å². The predicted molar refractivity (Wildman–Crippen MR) is 67.5 cm³/mol. The third kappa shape index (κ3) is 2.43. The van der Waals surface area contributed by atoms with Crippen LogP contribution in [-0.2, 0) is 0 Å². The quantitative estimate of drug-likeness (QED) is 0.839. The largest absolute Gasteiger partial charge is 0.313 e. The van der Waals surface area contributed by atoms with Crippen molar-refractivity contribution < 1.29 is 0 Å². The smallest absolute Gasteiger partial charge is 0.0423 e. The first-order chi connectivity index (χ1) is 7.70. The second-order valence-electron chi connectivity index (χ2n) is 5.00. The first kappa shape index (κ1) is 11.6. The molecular weight excluding hydrogens is 196 g/mol. The summed E-state index contributed by atoms with van der Waals surface area (Å²) in [6.45, 7) is 4.17. The van der Waals surface area contributed by atoms with E-state index in [-0.39, 0.29) is 0 Å². The maximum atomic E-state index is 4.55. The van der Waals surface area contributed by atoms with Gasteiger partial charge in [0, 0.05) is 17.4 Å². The summed E-state index contributed by atoms with van der Waals surface area (Å²) in [4.78, 5) is 4.55. The number of hydrogen-bond acceptors (Lipinski definition) is 2. The molecule has 0 bridgehead atoms. The maximum absolute atomic E-state index is 4.55. The molecule has 1 aliphatic rings. The van der Waals surface area contributed by atoms with E-state index in [0.29, 0.717) is 6.04 Å². The lowest BCUT2D eigenvalue weighted by Gasteiger charge is -2.30. The minimum Gasteiger partial charge on any atom is -0.313 e. The molecule has 1 aromatic rings. The Morgan fingerprint density at radius 1 is 1.38 bits per heavy atom. The molecule has 1 unspecified atom stereocenters. The van der Waals surface area contributed by atoms with Gasteiger partial charge < -0.3 is 5.32 Å². The first-order valence-electron chi connectivity index (χ1n) is 6.32. The highest BCUT2D eigenvalue weighted by atomic mass is 14.9. The normalized spacial score (nSPS) is 18.2. The van der Waals surface area contributed by atoms with Crippen molar-refractivity contribution in [1.29, 1.82) is 0 Å². The lowest BCUT2D eigenvalue weighted by atomic mass is 9.79. The summed E-state index contributed by atoms with van der Waals surface area (Å²) < 4.78 is 0. The summed E-state index contributed by atoms with van der Waals surface area (Å²) in [5.74, 6) is 0.929. The van der Waals surface area contributed by atoms with Gasteiger partial charge in [-0.05, 0) is 44.9 Å². The lowest BCUT2D eigenvalue weighted by molar-refractivity contribution is 0.265. The molecule has 0 amide bonds. The summed E-state index contributed by atoms with van der Waals surface area (Å²) in [5.41, 5.74) is 3.67. The summed E-state index contributed by atoms with van der Waals surface area (Å²) in [6, 6.07) is 4.84. The van der Waals surface area contributed by atoms with E-state index in [1.54, 1.807) is 0 Å². The Labute approximate surface area is 98.5 Å². The molecule has 0 spiro atoms. The number of nitrogens with one attached hydrogen (secondary N) is 1. The van der Waals surface area contributed by atoms with Crippen LogP contribution in [0, 0.1) is 19.8 Å². The molecule has 0 aromatic carbocycles. The molecule has 1 aromatic heterocycles. The Morgan fingerprint density at radius 2 is 2.12 bits per heavy atom. The molecule has 88 valence electrons. The van der Waals surface area contributed by atoms with Crippen LogP contribution in [-0.4, -0.2) is 12.0 Å². The van der Waals surface area contributed by atoms with E-state index in [2.05, 4.69) is 43.3 Å². The van der Waals surface area contributed by atoms with Gasteiger partial charge in [-0.25, -0.2) is 0 Å². The van der Waals surface area contributed by atoms with Crippen molar-refractivity contribution in [3.8, 4) is 0 Å². The molecule has 0 aliphatic heterocycles.